The largest absolute Gasteiger partial charge is 0.483 e. The number of para-hydroxylation sites is 1. The molecule has 6 heteroatoms. The van der Waals surface area contributed by atoms with E-state index in [-0.39, 0.29) is 30.6 Å². The van der Waals surface area contributed by atoms with Crippen molar-refractivity contribution in [1.82, 2.24) is 4.90 Å². The summed E-state index contributed by atoms with van der Waals surface area (Å²) in [7, 11) is 0. The Morgan fingerprint density at radius 3 is 2.80 bits per heavy atom. The molecule has 1 aliphatic heterocycles. The minimum absolute atomic E-state index is 0.0924. The van der Waals surface area contributed by atoms with Crippen LogP contribution in [0.25, 0.3) is 0 Å². The Morgan fingerprint density at radius 2 is 2.15 bits per heavy atom. The van der Waals surface area contributed by atoms with Crippen LogP contribution in [0.2, 0.25) is 0 Å². The number of primary amides is 1. The average Bonchev–Trinajstić information content (AvgIpc) is 2.94. The van der Waals surface area contributed by atoms with Gasteiger partial charge >= 0.3 is 0 Å². The summed E-state index contributed by atoms with van der Waals surface area (Å²) in [5.74, 6) is -0.280. The Hall–Kier alpha value is -2.08. The molecule has 2 amide bonds. The van der Waals surface area contributed by atoms with Crippen molar-refractivity contribution in [2.75, 3.05) is 26.3 Å². The number of carbonyl (C=O) groups excluding carboxylic acids is 2. The zero-order valence-electron chi connectivity index (χ0n) is 11.1. The molecule has 1 saturated heterocycles. The first-order valence-corrected chi connectivity index (χ1v) is 6.52. The van der Waals surface area contributed by atoms with Crippen LogP contribution < -0.4 is 10.5 Å². The molecule has 0 aromatic heterocycles. The number of hydrogen-bond donors (Lipinski definition) is 2. The monoisotopic (exact) mass is 278 g/mol. The summed E-state index contributed by atoms with van der Waals surface area (Å²) in [6.07, 6.45) is 0.806. The number of aliphatic hydroxyl groups is 1. The minimum Gasteiger partial charge on any atom is -0.483 e. The second-order valence-electron chi connectivity index (χ2n) is 4.83. The van der Waals surface area contributed by atoms with E-state index >= 15 is 0 Å². The Morgan fingerprint density at radius 1 is 1.40 bits per heavy atom. The average molecular weight is 278 g/mol. The van der Waals surface area contributed by atoms with Crippen molar-refractivity contribution < 1.29 is 19.4 Å². The number of nitrogens with zero attached hydrogens (tertiary/aromatic N) is 1. The van der Waals surface area contributed by atoms with Crippen LogP contribution in [0.15, 0.2) is 24.3 Å². The number of amides is 2. The molecule has 1 heterocycles. The van der Waals surface area contributed by atoms with Gasteiger partial charge < -0.3 is 20.5 Å². The highest BCUT2D eigenvalue weighted by Gasteiger charge is 2.25. The minimum atomic E-state index is -0.588. The summed E-state index contributed by atoms with van der Waals surface area (Å²) in [6.45, 7) is 1.14. The van der Waals surface area contributed by atoms with Crippen LogP contribution in [0.3, 0.4) is 0 Å². The molecule has 3 N–H and O–H groups in total. The van der Waals surface area contributed by atoms with Gasteiger partial charge in [-0.15, -0.1) is 0 Å². The van der Waals surface area contributed by atoms with Gasteiger partial charge in [-0.3, -0.25) is 9.59 Å². The number of likely N-dealkylation sites (tertiary alicyclic amines) is 1. The Balaban J connectivity index is 1.92. The van der Waals surface area contributed by atoms with Crippen molar-refractivity contribution in [3.05, 3.63) is 29.8 Å². The Bertz CT molecular complexity index is 504. The van der Waals surface area contributed by atoms with E-state index in [0.29, 0.717) is 18.8 Å². The molecular formula is C14H18N2O4. The van der Waals surface area contributed by atoms with Crippen LogP contribution in [0, 0.1) is 5.92 Å². The molecule has 1 unspecified atom stereocenters. The Kier molecular flexibility index (Phi) is 4.57. The van der Waals surface area contributed by atoms with Gasteiger partial charge in [0, 0.05) is 25.6 Å². The number of nitrogens with two attached hydrogens (primary N) is 1. The first kappa shape index (κ1) is 14.3. The van der Waals surface area contributed by atoms with E-state index < -0.39 is 5.91 Å². The smallest absolute Gasteiger partial charge is 0.260 e. The highest BCUT2D eigenvalue weighted by atomic mass is 16.5. The third-order valence-electron chi connectivity index (χ3n) is 3.40. The van der Waals surface area contributed by atoms with E-state index in [4.69, 9.17) is 15.6 Å². The first-order valence-electron chi connectivity index (χ1n) is 6.52. The molecule has 0 bridgehead atoms. The van der Waals surface area contributed by atoms with Crippen LogP contribution in [0.1, 0.15) is 16.8 Å². The number of carbonyl (C=O) groups is 2. The predicted molar refractivity (Wildman–Crippen MR) is 72.2 cm³/mol. The second-order valence-corrected chi connectivity index (χ2v) is 4.83. The molecule has 1 aromatic carbocycles. The summed E-state index contributed by atoms with van der Waals surface area (Å²) in [5, 5.41) is 9.05. The number of ether oxygens (including phenoxy) is 1. The van der Waals surface area contributed by atoms with Gasteiger partial charge in [-0.25, -0.2) is 0 Å². The van der Waals surface area contributed by atoms with E-state index in [1.165, 1.54) is 0 Å². The molecule has 0 aliphatic carbocycles. The van der Waals surface area contributed by atoms with Gasteiger partial charge in [0.1, 0.15) is 5.75 Å². The molecule has 1 aromatic rings. The summed E-state index contributed by atoms with van der Waals surface area (Å²) in [5.41, 5.74) is 5.50. The highest BCUT2D eigenvalue weighted by Crippen LogP contribution is 2.19. The zero-order valence-corrected chi connectivity index (χ0v) is 11.1. The van der Waals surface area contributed by atoms with Crippen LogP contribution in [-0.4, -0.2) is 48.1 Å². The van der Waals surface area contributed by atoms with Crippen molar-refractivity contribution in [2.45, 2.75) is 6.42 Å². The second kappa shape index (κ2) is 6.38. The molecule has 6 nitrogen and oxygen atoms in total. The fourth-order valence-electron chi connectivity index (χ4n) is 2.24. The van der Waals surface area contributed by atoms with Crippen LogP contribution in [-0.2, 0) is 4.79 Å². The van der Waals surface area contributed by atoms with Crippen LogP contribution in [0.4, 0.5) is 0 Å². The highest BCUT2D eigenvalue weighted by molar-refractivity contribution is 5.95. The summed E-state index contributed by atoms with van der Waals surface area (Å²) < 4.78 is 5.39. The van der Waals surface area contributed by atoms with Gasteiger partial charge in [0.25, 0.3) is 11.8 Å². The van der Waals surface area contributed by atoms with Crippen molar-refractivity contribution in [3.63, 3.8) is 0 Å². The van der Waals surface area contributed by atoms with E-state index in [1.807, 2.05) is 0 Å². The normalized spacial score (nSPS) is 18.1. The lowest BCUT2D eigenvalue weighted by Crippen LogP contribution is -2.33. The maximum atomic E-state index is 12.0. The maximum absolute atomic E-state index is 12.0. The van der Waals surface area contributed by atoms with E-state index in [9.17, 15) is 9.59 Å². The van der Waals surface area contributed by atoms with Crippen molar-refractivity contribution in [3.8, 4) is 5.75 Å². The third kappa shape index (κ3) is 3.27. The van der Waals surface area contributed by atoms with Gasteiger partial charge in [-0.2, -0.15) is 0 Å². The van der Waals surface area contributed by atoms with E-state index in [0.717, 1.165) is 6.42 Å². The molecule has 20 heavy (non-hydrogen) atoms. The van der Waals surface area contributed by atoms with Gasteiger partial charge in [0.15, 0.2) is 6.61 Å². The number of hydrogen-bond acceptors (Lipinski definition) is 4. The lowest BCUT2D eigenvalue weighted by Gasteiger charge is -2.17. The van der Waals surface area contributed by atoms with Crippen molar-refractivity contribution in [2.24, 2.45) is 11.7 Å². The lowest BCUT2D eigenvalue weighted by molar-refractivity contribution is -0.132. The fourth-order valence-corrected chi connectivity index (χ4v) is 2.24. The molecule has 0 saturated carbocycles. The predicted octanol–water partition coefficient (Wildman–Crippen LogP) is 0.00510. The molecule has 1 atom stereocenters. The number of rotatable bonds is 5. The number of benzene rings is 1. The van der Waals surface area contributed by atoms with Crippen LogP contribution >= 0.6 is 0 Å². The number of aliphatic hydroxyl groups excluding tert-OH is 1. The zero-order chi connectivity index (χ0) is 14.5. The molecule has 0 spiro atoms. The maximum Gasteiger partial charge on any atom is 0.260 e. The lowest BCUT2D eigenvalue weighted by atomic mass is 10.1. The molecule has 1 aliphatic rings. The van der Waals surface area contributed by atoms with Crippen LogP contribution in [0.5, 0.6) is 5.75 Å². The quantitative estimate of drug-likeness (QED) is 0.793. The summed E-state index contributed by atoms with van der Waals surface area (Å²) >= 11 is 0. The first-order chi connectivity index (χ1) is 9.61. The summed E-state index contributed by atoms with van der Waals surface area (Å²) in [6, 6.07) is 6.55. The standard InChI is InChI=1S/C14H18N2O4/c15-14(19)11-3-1-2-4-12(11)20-9-13(18)16-6-5-10(7-16)8-17/h1-4,10,17H,5-9H2,(H2,15,19). The van der Waals surface area contributed by atoms with Crippen molar-refractivity contribution >= 4 is 11.8 Å². The fraction of sp³-hybridized carbons (Fsp3) is 0.429. The molecule has 1 fully saturated rings. The molecule has 108 valence electrons. The topological polar surface area (TPSA) is 92.9 Å². The molecular weight excluding hydrogens is 260 g/mol. The Labute approximate surface area is 117 Å². The van der Waals surface area contributed by atoms with Gasteiger partial charge in [0.05, 0.1) is 5.56 Å². The molecule has 2 rings (SSSR count). The van der Waals surface area contributed by atoms with E-state index in [1.54, 1.807) is 29.2 Å². The summed E-state index contributed by atoms with van der Waals surface area (Å²) in [4.78, 5) is 24.8. The van der Waals surface area contributed by atoms with Gasteiger partial charge in [-0.05, 0) is 18.6 Å². The van der Waals surface area contributed by atoms with Gasteiger partial charge in [-0.1, -0.05) is 12.1 Å². The van der Waals surface area contributed by atoms with Crippen molar-refractivity contribution in [1.29, 1.82) is 0 Å². The third-order valence-corrected chi connectivity index (χ3v) is 3.40. The molecule has 0 radical (unpaired) electrons. The van der Waals surface area contributed by atoms with Gasteiger partial charge in [0.2, 0.25) is 0 Å². The van der Waals surface area contributed by atoms with E-state index in [2.05, 4.69) is 0 Å². The SMILES string of the molecule is NC(=O)c1ccccc1OCC(=O)N1CCC(CO)C1.